The summed E-state index contributed by atoms with van der Waals surface area (Å²) < 4.78 is 8.02. The summed E-state index contributed by atoms with van der Waals surface area (Å²) in [7, 11) is 0. The number of halogens is 1. The Bertz CT molecular complexity index is 1310. The number of aryl methyl sites for hydroxylation is 1. The van der Waals surface area contributed by atoms with Crippen LogP contribution in [-0.4, -0.2) is 14.3 Å². The Labute approximate surface area is 181 Å². The molecular weight excluding hydrogens is 446 g/mol. The molecule has 0 spiro atoms. The average molecular weight is 466 g/mol. The molecule has 30 heavy (non-hydrogen) atoms. The molecule has 3 aromatic carbocycles. The number of nitrogens with zero attached hydrogens (tertiary/aromatic N) is 3. The smallest absolute Gasteiger partial charge is 0.349 e. The third kappa shape index (κ3) is 4.13. The molecule has 0 saturated heterocycles. The highest BCUT2D eigenvalue weighted by Gasteiger charge is 2.13. The molecule has 0 N–H and O–H groups in total. The first-order valence-corrected chi connectivity index (χ1v) is 10.3. The summed E-state index contributed by atoms with van der Waals surface area (Å²) in [5.74, 6) is 0. The Hall–Kier alpha value is -3.03. The topological polar surface area (TPSA) is 66.1 Å². The number of fused-ring (bicyclic) bond motifs is 1. The van der Waals surface area contributed by atoms with Gasteiger partial charge in [-0.25, -0.2) is 14.0 Å². The van der Waals surface area contributed by atoms with Gasteiger partial charge in [0, 0.05) is 0 Å². The molecule has 0 saturated carbocycles. The molecule has 7 heteroatoms. The lowest BCUT2D eigenvalue weighted by Crippen LogP contribution is -2.42. The first kappa shape index (κ1) is 20.3. The molecule has 0 amide bonds. The third-order valence-corrected chi connectivity index (χ3v) is 5.46. The Balaban J connectivity index is 1.64. The molecule has 0 bridgehead atoms. The van der Waals surface area contributed by atoms with E-state index in [9.17, 15) is 9.59 Å². The zero-order valence-corrected chi connectivity index (χ0v) is 18.0. The van der Waals surface area contributed by atoms with Crippen LogP contribution >= 0.6 is 15.9 Å². The third-order valence-electron chi connectivity index (χ3n) is 4.97. The molecule has 1 heterocycles. The summed E-state index contributed by atoms with van der Waals surface area (Å²) in [6.07, 6.45) is 0. The lowest BCUT2D eigenvalue weighted by atomic mass is 10.0. The molecule has 0 unspecified atom stereocenters. The van der Waals surface area contributed by atoms with Gasteiger partial charge in [-0.15, -0.1) is 0 Å². The van der Waals surface area contributed by atoms with Gasteiger partial charge < -0.3 is 4.74 Å². The van der Waals surface area contributed by atoms with E-state index in [1.54, 1.807) is 0 Å². The molecule has 0 radical (unpaired) electrons. The number of ether oxygens (including phenoxy) is 1. The monoisotopic (exact) mass is 465 g/mol. The second-order valence-corrected chi connectivity index (χ2v) is 7.77. The van der Waals surface area contributed by atoms with Crippen molar-refractivity contribution in [3.63, 3.8) is 0 Å². The second-order valence-electron chi connectivity index (χ2n) is 7.01. The molecule has 0 aliphatic rings. The number of hydrogen-bond donors (Lipinski definition) is 0. The molecular formula is C23H20BrN3O3. The normalized spacial score (nSPS) is 11.1. The maximum atomic E-state index is 13.0. The van der Waals surface area contributed by atoms with Gasteiger partial charge in [0.1, 0.15) is 6.73 Å². The minimum Gasteiger partial charge on any atom is -0.356 e. The van der Waals surface area contributed by atoms with Crippen LogP contribution in [0.1, 0.15) is 16.7 Å². The summed E-state index contributed by atoms with van der Waals surface area (Å²) in [5, 5.41) is 6.34. The van der Waals surface area contributed by atoms with Gasteiger partial charge in [-0.1, -0.05) is 66.7 Å². The molecule has 4 aromatic rings. The van der Waals surface area contributed by atoms with Gasteiger partial charge in [-0.2, -0.15) is 5.10 Å². The van der Waals surface area contributed by atoms with Gasteiger partial charge >= 0.3 is 5.69 Å². The summed E-state index contributed by atoms with van der Waals surface area (Å²) in [5.41, 5.74) is 2.05. The molecule has 1 aromatic heterocycles. The molecule has 6 nitrogen and oxygen atoms in total. The highest BCUT2D eigenvalue weighted by atomic mass is 79.9. The van der Waals surface area contributed by atoms with Gasteiger partial charge in [0.2, 0.25) is 0 Å². The van der Waals surface area contributed by atoms with Crippen molar-refractivity contribution >= 4 is 26.7 Å². The van der Waals surface area contributed by atoms with Crippen LogP contribution in [-0.2, 0) is 24.6 Å². The first-order chi connectivity index (χ1) is 14.5. The van der Waals surface area contributed by atoms with Crippen LogP contribution in [0.15, 0.2) is 80.9 Å². The zero-order chi connectivity index (χ0) is 21.1. The molecule has 0 aliphatic carbocycles. The highest BCUT2D eigenvalue weighted by molar-refractivity contribution is 9.10. The summed E-state index contributed by atoms with van der Waals surface area (Å²) >= 11 is 3.18. The van der Waals surface area contributed by atoms with Gasteiger partial charge in [0.05, 0.1) is 13.2 Å². The minimum atomic E-state index is -0.516. The van der Waals surface area contributed by atoms with Crippen molar-refractivity contribution in [2.75, 3.05) is 0 Å². The number of rotatable bonds is 6. The SMILES string of the molecule is Cc1ccc(Cn2nc(Br)c(=O)n(COCc3ccccc3)c2=O)c2ccccc12. The maximum absolute atomic E-state index is 13.0. The molecule has 152 valence electrons. The van der Waals surface area contributed by atoms with Crippen LogP contribution in [0.25, 0.3) is 10.8 Å². The van der Waals surface area contributed by atoms with E-state index in [1.165, 1.54) is 4.68 Å². The Morgan fingerprint density at radius 1 is 0.933 bits per heavy atom. The number of hydrogen-bond acceptors (Lipinski definition) is 4. The van der Waals surface area contributed by atoms with Crippen LogP contribution < -0.4 is 11.2 Å². The summed E-state index contributed by atoms with van der Waals surface area (Å²) in [6, 6.07) is 21.6. The van der Waals surface area contributed by atoms with E-state index in [1.807, 2.05) is 60.7 Å². The summed E-state index contributed by atoms with van der Waals surface area (Å²) in [6.45, 7) is 2.45. The van der Waals surface area contributed by atoms with Gasteiger partial charge in [0.25, 0.3) is 5.56 Å². The molecule has 4 rings (SSSR count). The quantitative estimate of drug-likeness (QED) is 0.433. The van der Waals surface area contributed by atoms with E-state index in [2.05, 4.69) is 34.0 Å². The van der Waals surface area contributed by atoms with Crippen molar-refractivity contribution in [2.24, 2.45) is 0 Å². The lowest BCUT2D eigenvalue weighted by Gasteiger charge is -2.13. The van der Waals surface area contributed by atoms with Crippen molar-refractivity contribution in [3.05, 3.63) is 109 Å². The molecule has 0 aliphatic heterocycles. The fourth-order valence-electron chi connectivity index (χ4n) is 3.39. The van der Waals surface area contributed by atoms with Crippen molar-refractivity contribution in [1.29, 1.82) is 0 Å². The predicted octanol–water partition coefficient (Wildman–Crippen LogP) is 3.85. The minimum absolute atomic E-state index is 0.0711. The second kappa shape index (κ2) is 8.77. The maximum Gasteiger partial charge on any atom is 0.349 e. The van der Waals surface area contributed by atoms with Crippen molar-refractivity contribution in [3.8, 4) is 0 Å². The molecule has 0 atom stereocenters. The van der Waals surface area contributed by atoms with Gasteiger partial charge in [-0.05, 0) is 50.3 Å². The fraction of sp³-hybridized carbons (Fsp3) is 0.174. The van der Waals surface area contributed by atoms with Crippen LogP contribution in [0.2, 0.25) is 0 Å². The Kier molecular flexibility index (Phi) is 5.92. The van der Waals surface area contributed by atoms with Gasteiger partial charge in [0.15, 0.2) is 4.60 Å². The van der Waals surface area contributed by atoms with E-state index in [-0.39, 0.29) is 17.9 Å². The van der Waals surface area contributed by atoms with Crippen LogP contribution in [0.5, 0.6) is 0 Å². The zero-order valence-electron chi connectivity index (χ0n) is 16.4. The lowest BCUT2D eigenvalue weighted by molar-refractivity contribution is 0.0569. The van der Waals surface area contributed by atoms with Crippen molar-refractivity contribution in [2.45, 2.75) is 26.8 Å². The highest BCUT2D eigenvalue weighted by Crippen LogP contribution is 2.22. The molecule has 0 fully saturated rings. The van der Waals surface area contributed by atoms with Crippen molar-refractivity contribution < 1.29 is 4.74 Å². The Morgan fingerprint density at radius 2 is 1.63 bits per heavy atom. The Morgan fingerprint density at radius 3 is 2.40 bits per heavy atom. The first-order valence-electron chi connectivity index (χ1n) is 9.51. The van der Waals surface area contributed by atoms with E-state index in [4.69, 9.17) is 4.74 Å². The van der Waals surface area contributed by atoms with E-state index in [0.29, 0.717) is 6.61 Å². The number of benzene rings is 3. The van der Waals surface area contributed by atoms with E-state index >= 15 is 0 Å². The standard InChI is InChI=1S/C23H20BrN3O3/c1-16-11-12-18(20-10-6-5-9-19(16)20)13-27-23(29)26(22(28)21(24)25-27)15-30-14-17-7-3-2-4-8-17/h2-12H,13-15H2,1H3. The van der Waals surface area contributed by atoms with Crippen LogP contribution in [0, 0.1) is 6.92 Å². The fourth-order valence-corrected chi connectivity index (χ4v) is 3.79. The number of aromatic nitrogens is 3. The van der Waals surface area contributed by atoms with Crippen LogP contribution in [0.3, 0.4) is 0 Å². The van der Waals surface area contributed by atoms with Crippen LogP contribution in [0.4, 0.5) is 0 Å². The largest absolute Gasteiger partial charge is 0.356 e. The summed E-state index contributed by atoms with van der Waals surface area (Å²) in [4.78, 5) is 25.4. The van der Waals surface area contributed by atoms with E-state index in [0.717, 1.165) is 32.0 Å². The van der Waals surface area contributed by atoms with Gasteiger partial charge in [-0.3, -0.25) is 4.79 Å². The van der Waals surface area contributed by atoms with E-state index < -0.39 is 11.2 Å². The van der Waals surface area contributed by atoms with Crippen molar-refractivity contribution in [1.82, 2.24) is 14.3 Å². The predicted molar refractivity (Wildman–Crippen MR) is 119 cm³/mol. The average Bonchev–Trinajstić information content (AvgIpc) is 2.77.